The van der Waals surface area contributed by atoms with Gasteiger partial charge in [0.1, 0.15) is 11.2 Å². The molecule has 0 radical (unpaired) electrons. The van der Waals surface area contributed by atoms with Crippen molar-refractivity contribution in [3.05, 3.63) is 0 Å². The zero-order chi connectivity index (χ0) is 26.3. The molecule has 3 unspecified atom stereocenters. The molecule has 6 aliphatic carbocycles. The Kier molecular flexibility index (Phi) is 4.56. The number of carbonyl (C=O) groups excluding carboxylic acids is 2. The normalized spacial score (nSPS) is 56.0. The molecule has 0 aliphatic heterocycles. The lowest BCUT2D eigenvalue weighted by molar-refractivity contribution is -0.233. The fraction of sp³-hybridized carbons (Fsp3) is 0.875. The van der Waals surface area contributed by atoms with E-state index < -0.39 is 10.8 Å². The van der Waals surface area contributed by atoms with Crippen LogP contribution in [-0.2, 0) is 9.59 Å². The molecule has 0 aromatic heterocycles. The first-order valence-corrected chi connectivity index (χ1v) is 14.5. The molecule has 4 nitrogen and oxygen atoms in total. The number of nitriles is 2. The van der Waals surface area contributed by atoms with Crippen LogP contribution >= 0.6 is 0 Å². The second-order valence-electron chi connectivity index (χ2n) is 16.1. The third kappa shape index (κ3) is 2.47. The molecule has 6 fully saturated rings. The molecule has 10 atom stereocenters. The maximum atomic E-state index is 14.4. The molecule has 6 aliphatic rings. The topological polar surface area (TPSA) is 81.7 Å². The Morgan fingerprint density at radius 1 is 0.750 bits per heavy atom. The highest BCUT2D eigenvalue weighted by Gasteiger charge is 2.81. The van der Waals surface area contributed by atoms with E-state index in [0.717, 1.165) is 44.9 Å². The van der Waals surface area contributed by atoms with Gasteiger partial charge in [-0.1, -0.05) is 48.5 Å². The van der Waals surface area contributed by atoms with Gasteiger partial charge in [0.2, 0.25) is 0 Å². The quantitative estimate of drug-likeness (QED) is 0.372. The van der Waals surface area contributed by atoms with Crippen LogP contribution in [0.1, 0.15) is 106 Å². The number of carbonyl (C=O) groups is 2. The average molecular weight is 489 g/mol. The van der Waals surface area contributed by atoms with Gasteiger partial charge in [0, 0.05) is 17.8 Å². The third-order valence-corrected chi connectivity index (χ3v) is 14.2. The predicted molar refractivity (Wildman–Crippen MR) is 137 cm³/mol. The first-order valence-electron chi connectivity index (χ1n) is 14.5. The van der Waals surface area contributed by atoms with Crippen LogP contribution in [0.5, 0.6) is 0 Å². The monoisotopic (exact) mass is 488 g/mol. The summed E-state index contributed by atoms with van der Waals surface area (Å²) in [5.41, 5.74) is -1.92. The van der Waals surface area contributed by atoms with Crippen LogP contribution in [0.15, 0.2) is 0 Å². The molecule has 4 heteroatoms. The second-order valence-corrected chi connectivity index (χ2v) is 16.1. The highest BCUT2D eigenvalue weighted by molar-refractivity contribution is 5.97. The van der Waals surface area contributed by atoms with Crippen molar-refractivity contribution in [1.29, 1.82) is 10.5 Å². The molecular formula is C32H44N2O2. The molecule has 36 heavy (non-hydrogen) atoms. The molecule has 0 bridgehead atoms. The van der Waals surface area contributed by atoms with Crippen molar-refractivity contribution in [3.8, 4) is 12.1 Å². The van der Waals surface area contributed by atoms with E-state index in [1.54, 1.807) is 0 Å². The molecule has 0 N–H and O–H groups in total. The van der Waals surface area contributed by atoms with Crippen molar-refractivity contribution >= 4 is 11.6 Å². The Hall–Kier alpha value is -1.68. The van der Waals surface area contributed by atoms with Gasteiger partial charge in [-0.2, -0.15) is 10.5 Å². The molecule has 0 spiro atoms. The van der Waals surface area contributed by atoms with Gasteiger partial charge in [0.05, 0.1) is 17.6 Å². The zero-order valence-corrected chi connectivity index (χ0v) is 23.5. The van der Waals surface area contributed by atoms with E-state index in [1.807, 2.05) is 0 Å². The van der Waals surface area contributed by atoms with Gasteiger partial charge in [-0.15, -0.1) is 0 Å². The van der Waals surface area contributed by atoms with Gasteiger partial charge in [-0.05, 0) is 96.7 Å². The van der Waals surface area contributed by atoms with Crippen molar-refractivity contribution in [1.82, 2.24) is 0 Å². The lowest BCUT2D eigenvalue weighted by Gasteiger charge is -2.72. The number of rotatable bonds is 0. The summed E-state index contributed by atoms with van der Waals surface area (Å²) >= 11 is 0. The van der Waals surface area contributed by atoms with E-state index in [0.29, 0.717) is 18.6 Å². The van der Waals surface area contributed by atoms with Gasteiger partial charge in [0.15, 0.2) is 5.78 Å². The number of Topliss-reactive ketones (excluding diaryl/α,β-unsaturated/α-hetero) is 2. The lowest BCUT2D eigenvalue weighted by Crippen LogP contribution is -2.69. The first-order chi connectivity index (χ1) is 16.6. The van der Waals surface area contributed by atoms with Crippen LogP contribution in [-0.4, -0.2) is 11.6 Å². The van der Waals surface area contributed by atoms with Crippen molar-refractivity contribution in [2.45, 2.75) is 106 Å². The van der Waals surface area contributed by atoms with Crippen LogP contribution in [0, 0.1) is 90.2 Å². The van der Waals surface area contributed by atoms with Crippen LogP contribution in [0.4, 0.5) is 0 Å². The average Bonchev–Trinajstić information content (AvgIpc) is 3.56. The molecule has 0 heterocycles. The van der Waals surface area contributed by atoms with E-state index in [-0.39, 0.29) is 62.4 Å². The van der Waals surface area contributed by atoms with Gasteiger partial charge in [0.25, 0.3) is 0 Å². The van der Waals surface area contributed by atoms with Crippen molar-refractivity contribution in [2.24, 2.45) is 67.5 Å². The van der Waals surface area contributed by atoms with Crippen molar-refractivity contribution in [3.63, 3.8) is 0 Å². The number of ketones is 2. The summed E-state index contributed by atoms with van der Waals surface area (Å²) in [6, 6.07) is 5.27. The summed E-state index contributed by atoms with van der Waals surface area (Å²) in [4.78, 5) is 28.0. The third-order valence-electron chi connectivity index (χ3n) is 14.2. The van der Waals surface area contributed by atoms with E-state index >= 15 is 0 Å². The Balaban J connectivity index is 1.47. The van der Waals surface area contributed by atoms with Gasteiger partial charge in [-0.3, -0.25) is 9.59 Å². The Morgan fingerprint density at radius 2 is 1.42 bits per heavy atom. The highest BCUT2D eigenvalue weighted by Crippen LogP contribution is 2.82. The maximum Gasteiger partial charge on any atom is 0.159 e. The molecule has 0 aromatic rings. The van der Waals surface area contributed by atoms with E-state index in [2.05, 4.69) is 60.6 Å². The lowest BCUT2D eigenvalue weighted by atomic mass is 9.31. The summed E-state index contributed by atoms with van der Waals surface area (Å²) in [7, 11) is 0. The molecule has 0 amide bonds. The van der Waals surface area contributed by atoms with Crippen molar-refractivity contribution in [2.75, 3.05) is 0 Å². The van der Waals surface area contributed by atoms with Crippen LogP contribution in [0.2, 0.25) is 0 Å². The number of nitrogens with zero attached hydrogens (tertiary/aromatic N) is 2. The smallest absolute Gasteiger partial charge is 0.159 e. The summed E-state index contributed by atoms with van der Waals surface area (Å²) in [5.74, 6) is 1.11. The summed E-state index contributed by atoms with van der Waals surface area (Å²) < 4.78 is 0. The number of fused-ring (bicyclic) bond motifs is 9. The largest absolute Gasteiger partial charge is 0.299 e. The molecule has 194 valence electrons. The van der Waals surface area contributed by atoms with Gasteiger partial charge < -0.3 is 0 Å². The SMILES string of the molecule is CC1(C)CC[C@]2(C#N)CC[C@]3(C)C(C(=O)CC4[C@@]5(C)[C@H]6C[C@@]6(C#N)C(=O)C(C)(C)[C@@H]5CC[C@]43C)C2C1. The summed E-state index contributed by atoms with van der Waals surface area (Å²) in [6.45, 7) is 16.0. The molecular weight excluding hydrogens is 444 g/mol. The number of hydrogen-bond donors (Lipinski definition) is 0. The van der Waals surface area contributed by atoms with E-state index in [1.165, 1.54) is 0 Å². The van der Waals surface area contributed by atoms with Crippen molar-refractivity contribution < 1.29 is 9.59 Å². The van der Waals surface area contributed by atoms with E-state index in [4.69, 9.17) is 0 Å². The maximum absolute atomic E-state index is 14.4. The fourth-order valence-corrected chi connectivity index (χ4v) is 12.0. The minimum atomic E-state index is -0.844. The number of hydrogen-bond acceptors (Lipinski definition) is 4. The van der Waals surface area contributed by atoms with Gasteiger partial charge in [-0.25, -0.2) is 0 Å². The molecule has 0 saturated heterocycles. The highest BCUT2D eigenvalue weighted by atomic mass is 16.1. The Bertz CT molecular complexity index is 1160. The minimum absolute atomic E-state index is 0.0275. The summed E-state index contributed by atoms with van der Waals surface area (Å²) in [6.07, 6.45) is 8.07. The molecule has 0 aromatic carbocycles. The van der Waals surface area contributed by atoms with E-state index in [9.17, 15) is 20.1 Å². The predicted octanol–water partition coefficient (Wildman–Crippen LogP) is 6.89. The molecule has 6 rings (SSSR count). The van der Waals surface area contributed by atoms with Crippen LogP contribution < -0.4 is 0 Å². The second kappa shape index (κ2) is 6.65. The fourth-order valence-electron chi connectivity index (χ4n) is 12.0. The van der Waals surface area contributed by atoms with Crippen LogP contribution in [0.3, 0.4) is 0 Å². The standard InChI is InChI=1S/C32H44N2O2/c1-26(2)10-12-31(17-33)13-11-29(6)24(19(31)15-26)20(35)14-22-28(29,5)9-8-21-27(3,4)25(36)32(18-34)16-23(32)30(21,22)7/h19,21-24H,8-16H2,1-7H3/t19?,21-,22?,23+,24?,28+,29+,30-,31+,32-/m0/s1. The first kappa shape index (κ1) is 24.6. The zero-order valence-electron chi connectivity index (χ0n) is 23.5. The minimum Gasteiger partial charge on any atom is -0.299 e. The Labute approximate surface area is 217 Å². The summed E-state index contributed by atoms with van der Waals surface area (Å²) in [5, 5.41) is 20.7. The van der Waals surface area contributed by atoms with Gasteiger partial charge >= 0.3 is 0 Å². The van der Waals surface area contributed by atoms with Crippen LogP contribution in [0.25, 0.3) is 0 Å². The molecule has 6 saturated carbocycles. The Morgan fingerprint density at radius 3 is 2.06 bits per heavy atom.